The summed E-state index contributed by atoms with van der Waals surface area (Å²) < 4.78 is 25.3. The Labute approximate surface area is 203 Å². The zero-order chi connectivity index (χ0) is 23.9. The summed E-state index contributed by atoms with van der Waals surface area (Å²) in [5, 5.41) is 3.14. The molecule has 176 valence electrons. The van der Waals surface area contributed by atoms with Gasteiger partial charge in [-0.1, -0.05) is 12.1 Å². The normalized spacial score (nSPS) is 16.7. The quantitative estimate of drug-likeness (QED) is 0.523. The van der Waals surface area contributed by atoms with Crippen molar-refractivity contribution >= 4 is 23.0 Å². The van der Waals surface area contributed by atoms with E-state index in [1.54, 1.807) is 18.4 Å². The highest BCUT2D eigenvalue weighted by molar-refractivity contribution is 7.89. The highest BCUT2D eigenvalue weighted by atomic mass is 32.2. The molecule has 1 N–H and O–H groups in total. The molecule has 1 fully saturated rings. The average Bonchev–Trinajstić information content (AvgIpc) is 3.67. The van der Waals surface area contributed by atoms with Gasteiger partial charge in [-0.3, -0.25) is 4.79 Å². The highest BCUT2D eigenvalue weighted by Crippen LogP contribution is 2.51. The van der Waals surface area contributed by atoms with Crippen molar-refractivity contribution in [1.29, 1.82) is 0 Å². The first-order valence-electron chi connectivity index (χ1n) is 11.4. The van der Waals surface area contributed by atoms with Crippen LogP contribution in [-0.4, -0.2) is 42.1 Å². The lowest BCUT2D eigenvalue weighted by Crippen LogP contribution is -2.28. The number of rotatable bonds is 6. The van der Waals surface area contributed by atoms with Crippen LogP contribution in [0.2, 0.25) is 0 Å². The predicted molar refractivity (Wildman–Crippen MR) is 134 cm³/mol. The van der Waals surface area contributed by atoms with Crippen molar-refractivity contribution < 1.29 is 18.8 Å². The highest BCUT2D eigenvalue weighted by Gasteiger charge is 2.51. The van der Waals surface area contributed by atoms with E-state index in [1.165, 1.54) is 0 Å². The molecule has 1 amide bonds. The summed E-state index contributed by atoms with van der Waals surface area (Å²) in [4.78, 5) is 14.1. The summed E-state index contributed by atoms with van der Waals surface area (Å²) in [6, 6.07) is 19.5. The Morgan fingerprint density at radius 1 is 0.971 bits per heavy atom. The van der Waals surface area contributed by atoms with Crippen molar-refractivity contribution in [3.63, 3.8) is 0 Å². The van der Waals surface area contributed by atoms with Gasteiger partial charge in [0, 0.05) is 19.8 Å². The zero-order valence-corrected chi connectivity index (χ0v) is 20.4. The monoisotopic (exact) mass is 476 g/mol. The lowest BCUT2D eigenvalue weighted by Gasteiger charge is -2.22. The smallest absolute Gasteiger partial charge is 0.235 e. The number of nitrogens with one attached hydrogen (secondary N) is 1. The van der Waals surface area contributed by atoms with Crippen LogP contribution >= 0.6 is 0 Å². The van der Waals surface area contributed by atoms with Crippen LogP contribution in [0.15, 0.2) is 65.6 Å². The first-order chi connectivity index (χ1) is 16.4. The summed E-state index contributed by atoms with van der Waals surface area (Å²) in [5.74, 6) is 1.43. The summed E-state index contributed by atoms with van der Waals surface area (Å²) in [6.45, 7) is 3.11. The van der Waals surface area contributed by atoms with Crippen LogP contribution in [0.3, 0.4) is 0 Å². The third-order valence-corrected chi connectivity index (χ3v) is 7.81. The van der Waals surface area contributed by atoms with Crippen molar-refractivity contribution in [3.05, 3.63) is 71.8 Å². The van der Waals surface area contributed by atoms with Crippen molar-refractivity contribution in [2.45, 2.75) is 30.1 Å². The minimum absolute atomic E-state index is 0.00397. The van der Waals surface area contributed by atoms with Crippen LogP contribution in [0.25, 0.3) is 11.1 Å². The van der Waals surface area contributed by atoms with Gasteiger partial charge >= 0.3 is 0 Å². The van der Waals surface area contributed by atoms with Crippen LogP contribution < -0.4 is 14.8 Å². The molecule has 1 heterocycles. The number of aryl methyl sites for hydroxylation is 1. The zero-order valence-electron chi connectivity index (χ0n) is 19.6. The molecule has 0 radical (unpaired) electrons. The minimum atomic E-state index is -1.18. The standard InChI is InChI=1S/C27H28N2O4S/c1-18-4-8-21(17-23(18)19-5-9-22(10-6-19)34(31)29(2)3)28-26(30)27(12-13-27)20-7-11-24-25(16-20)33-15-14-32-24/h4-11,16-17H,12-15H2,1-3H3,(H,28,30). The summed E-state index contributed by atoms with van der Waals surface area (Å²) in [5.41, 5.74) is 4.35. The Kier molecular flexibility index (Phi) is 6.02. The van der Waals surface area contributed by atoms with Crippen LogP contribution in [0.4, 0.5) is 5.69 Å². The van der Waals surface area contributed by atoms with E-state index in [9.17, 15) is 9.35 Å². The Hall–Kier alpha value is -3.00. The summed E-state index contributed by atoms with van der Waals surface area (Å²) >= 11 is -1.18. The van der Waals surface area contributed by atoms with Gasteiger partial charge in [0.05, 0.1) is 16.8 Å². The van der Waals surface area contributed by atoms with E-state index in [0.29, 0.717) is 19.0 Å². The van der Waals surface area contributed by atoms with E-state index in [2.05, 4.69) is 5.32 Å². The molecule has 2 aliphatic rings. The van der Waals surface area contributed by atoms with Gasteiger partial charge in [-0.2, -0.15) is 0 Å². The predicted octanol–water partition coefficient (Wildman–Crippen LogP) is 4.69. The Morgan fingerprint density at radius 3 is 2.35 bits per heavy atom. The van der Waals surface area contributed by atoms with E-state index in [-0.39, 0.29) is 5.91 Å². The van der Waals surface area contributed by atoms with Crippen LogP contribution in [0.5, 0.6) is 11.5 Å². The van der Waals surface area contributed by atoms with Gasteiger partial charge in [-0.05, 0) is 90.6 Å². The molecule has 1 aliphatic carbocycles. The van der Waals surface area contributed by atoms with Crippen molar-refractivity contribution in [1.82, 2.24) is 4.31 Å². The van der Waals surface area contributed by atoms with Crippen LogP contribution in [0.1, 0.15) is 24.0 Å². The molecule has 1 atom stereocenters. The molecular formula is C27H28N2O4S. The fourth-order valence-corrected chi connectivity index (χ4v) is 5.13. The Morgan fingerprint density at radius 2 is 1.68 bits per heavy atom. The molecule has 5 rings (SSSR count). The third-order valence-electron chi connectivity index (χ3n) is 6.47. The van der Waals surface area contributed by atoms with Crippen molar-refractivity contribution in [2.75, 3.05) is 32.6 Å². The number of carbonyl (C=O) groups excluding carboxylic acids is 1. The number of nitrogens with zero attached hydrogens (tertiary/aromatic N) is 1. The first kappa shape index (κ1) is 22.8. The number of benzene rings is 3. The Balaban J connectivity index is 1.36. The number of hydrogen-bond donors (Lipinski definition) is 1. The minimum Gasteiger partial charge on any atom is -0.593 e. The van der Waals surface area contributed by atoms with E-state index < -0.39 is 16.8 Å². The summed E-state index contributed by atoms with van der Waals surface area (Å²) in [7, 11) is 3.58. The largest absolute Gasteiger partial charge is 0.593 e. The second kappa shape index (κ2) is 8.98. The van der Waals surface area contributed by atoms with Gasteiger partial charge < -0.3 is 19.3 Å². The fraction of sp³-hybridized carbons (Fsp3) is 0.296. The second-order valence-corrected chi connectivity index (χ2v) is 10.7. The molecular weight excluding hydrogens is 448 g/mol. The average molecular weight is 477 g/mol. The van der Waals surface area contributed by atoms with Gasteiger partial charge in [-0.25, -0.2) is 0 Å². The number of hydrogen-bond acceptors (Lipinski definition) is 5. The van der Waals surface area contributed by atoms with Crippen LogP contribution in [0, 0.1) is 6.92 Å². The molecule has 7 heteroatoms. The molecule has 34 heavy (non-hydrogen) atoms. The number of amides is 1. The first-order valence-corrected chi connectivity index (χ1v) is 12.5. The number of fused-ring (bicyclic) bond motifs is 1. The SMILES string of the molecule is Cc1ccc(NC(=O)C2(c3ccc4c(c3)OCCO4)CC2)cc1-c1ccc([S+]([O-])N(C)C)cc1. The topological polar surface area (TPSA) is 73.9 Å². The third kappa shape index (κ3) is 4.27. The molecule has 1 saturated carbocycles. The van der Waals surface area contributed by atoms with Gasteiger partial charge in [0.1, 0.15) is 13.2 Å². The number of anilines is 1. The van der Waals surface area contributed by atoms with Gasteiger partial charge in [-0.15, -0.1) is 4.31 Å². The molecule has 0 aromatic heterocycles. The number of ether oxygens (including phenoxy) is 2. The molecule has 3 aromatic carbocycles. The van der Waals surface area contributed by atoms with E-state index in [4.69, 9.17) is 9.47 Å². The van der Waals surface area contributed by atoms with E-state index >= 15 is 0 Å². The van der Waals surface area contributed by atoms with Gasteiger partial charge in [0.25, 0.3) is 0 Å². The molecule has 0 spiro atoms. The van der Waals surface area contributed by atoms with Gasteiger partial charge in [0.15, 0.2) is 16.4 Å². The van der Waals surface area contributed by atoms with Crippen molar-refractivity contribution in [3.8, 4) is 22.6 Å². The lowest BCUT2D eigenvalue weighted by molar-refractivity contribution is -0.118. The van der Waals surface area contributed by atoms with Crippen LogP contribution in [-0.2, 0) is 21.6 Å². The second-order valence-electron chi connectivity index (χ2n) is 9.01. The molecule has 1 aliphatic heterocycles. The maximum atomic E-state index is 13.4. The fourth-order valence-electron chi connectivity index (χ4n) is 4.34. The van der Waals surface area contributed by atoms with E-state index in [1.807, 2.05) is 67.6 Å². The lowest BCUT2D eigenvalue weighted by atomic mass is 9.94. The Bertz CT molecular complexity index is 1220. The van der Waals surface area contributed by atoms with E-state index in [0.717, 1.165) is 51.4 Å². The molecule has 0 bridgehead atoms. The van der Waals surface area contributed by atoms with Gasteiger partial charge in [0.2, 0.25) is 5.91 Å². The van der Waals surface area contributed by atoms with Crippen molar-refractivity contribution in [2.24, 2.45) is 0 Å². The molecule has 1 unspecified atom stereocenters. The molecule has 0 saturated heterocycles. The maximum Gasteiger partial charge on any atom is 0.235 e. The number of carbonyl (C=O) groups is 1. The molecule has 6 nitrogen and oxygen atoms in total. The summed E-state index contributed by atoms with van der Waals surface area (Å²) in [6.07, 6.45) is 1.61. The molecule has 3 aromatic rings. The maximum absolute atomic E-state index is 13.4.